The molecule has 4 heteroatoms. The summed E-state index contributed by atoms with van der Waals surface area (Å²) < 4.78 is 0. The van der Waals surface area contributed by atoms with E-state index in [0.29, 0.717) is 6.42 Å². The Bertz CT molecular complexity index is 393. The fourth-order valence-electron chi connectivity index (χ4n) is 1.66. The number of rotatable bonds is 6. The molecule has 17 heavy (non-hydrogen) atoms. The van der Waals surface area contributed by atoms with Crippen LogP contribution in [0.25, 0.3) is 0 Å². The number of hydrogen-bond donors (Lipinski definition) is 2. The lowest BCUT2D eigenvalue weighted by Crippen LogP contribution is -2.30. The minimum atomic E-state index is -0.265. The summed E-state index contributed by atoms with van der Waals surface area (Å²) in [5.74, 6) is -0.265. The van der Waals surface area contributed by atoms with Crippen molar-refractivity contribution in [3.05, 3.63) is 29.3 Å². The van der Waals surface area contributed by atoms with E-state index < -0.39 is 0 Å². The number of aryl methyl sites for hydroxylation is 1. The van der Waals surface area contributed by atoms with Gasteiger partial charge in [-0.2, -0.15) is 0 Å². The van der Waals surface area contributed by atoms with E-state index in [0.717, 1.165) is 6.54 Å². The third kappa shape index (κ3) is 4.79. The molecule has 0 bridgehead atoms. The second kappa shape index (κ2) is 6.67. The van der Waals surface area contributed by atoms with E-state index in [9.17, 15) is 4.79 Å². The van der Waals surface area contributed by atoms with Gasteiger partial charge < -0.3 is 11.1 Å². The van der Waals surface area contributed by atoms with Gasteiger partial charge in [0.05, 0.1) is 0 Å². The van der Waals surface area contributed by atoms with Crippen molar-refractivity contribution in [1.29, 1.82) is 0 Å². The molecule has 0 fully saturated rings. The fraction of sp³-hybridized carbons (Fsp3) is 0.462. The van der Waals surface area contributed by atoms with Gasteiger partial charge in [0.2, 0.25) is 5.91 Å². The predicted octanol–water partition coefficient (Wildman–Crippen LogP) is 2.07. The van der Waals surface area contributed by atoms with Crippen molar-refractivity contribution in [1.82, 2.24) is 5.32 Å². The number of amides is 1. The van der Waals surface area contributed by atoms with Gasteiger partial charge in [-0.3, -0.25) is 4.79 Å². The first kappa shape index (κ1) is 14.1. The summed E-state index contributed by atoms with van der Waals surface area (Å²) >= 11 is 1.74. The van der Waals surface area contributed by atoms with Gasteiger partial charge in [0.25, 0.3) is 0 Å². The van der Waals surface area contributed by atoms with Crippen molar-refractivity contribution in [2.75, 3.05) is 6.26 Å². The smallest absolute Gasteiger partial charge is 0.218 e. The van der Waals surface area contributed by atoms with Crippen LogP contribution in [0.4, 0.5) is 0 Å². The number of carbonyl (C=O) groups excluding carboxylic acids is 1. The van der Waals surface area contributed by atoms with Crippen LogP contribution in [0.2, 0.25) is 0 Å². The van der Waals surface area contributed by atoms with Crippen LogP contribution >= 0.6 is 11.8 Å². The number of nitrogens with one attached hydrogen (secondary N) is 1. The van der Waals surface area contributed by atoms with Gasteiger partial charge in [-0.05, 0) is 37.3 Å². The molecule has 3 N–H and O–H groups in total. The first-order chi connectivity index (χ1) is 8.02. The first-order valence-electron chi connectivity index (χ1n) is 5.68. The molecule has 0 saturated heterocycles. The first-order valence-corrected chi connectivity index (χ1v) is 6.90. The topological polar surface area (TPSA) is 55.1 Å². The molecule has 1 aromatic carbocycles. The van der Waals surface area contributed by atoms with Crippen LogP contribution < -0.4 is 11.1 Å². The lowest BCUT2D eigenvalue weighted by Gasteiger charge is -2.14. The van der Waals surface area contributed by atoms with Crippen molar-refractivity contribution in [3.63, 3.8) is 0 Å². The fourth-order valence-corrected chi connectivity index (χ4v) is 2.36. The zero-order chi connectivity index (χ0) is 12.8. The second-order valence-electron chi connectivity index (χ2n) is 4.27. The van der Waals surface area contributed by atoms with E-state index in [1.54, 1.807) is 11.8 Å². The van der Waals surface area contributed by atoms with Gasteiger partial charge in [-0.25, -0.2) is 0 Å². The molecule has 1 unspecified atom stereocenters. The van der Waals surface area contributed by atoms with E-state index in [1.165, 1.54) is 16.0 Å². The van der Waals surface area contributed by atoms with Crippen molar-refractivity contribution in [3.8, 4) is 0 Å². The number of benzene rings is 1. The molecule has 3 nitrogen and oxygen atoms in total. The highest BCUT2D eigenvalue weighted by molar-refractivity contribution is 7.98. The minimum Gasteiger partial charge on any atom is -0.370 e. The van der Waals surface area contributed by atoms with Crippen molar-refractivity contribution in [2.45, 2.75) is 37.8 Å². The van der Waals surface area contributed by atoms with Gasteiger partial charge in [0.1, 0.15) is 0 Å². The van der Waals surface area contributed by atoms with E-state index >= 15 is 0 Å². The van der Waals surface area contributed by atoms with E-state index in [2.05, 4.69) is 36.7 Å². The molecule has 0 aliphatic rings. The average Bonchev–Trinajstić information content (AvgIpc) is 2.26. The number of hydrogen-bond acceptors (Lipinski definition) is 3. The number of nitrogens with two attached hydrogens (primary N) is 1. The summed E-state index contributed by atoms with van der Waals surface area (Å²) in [5, 5.41) is 3.31. The Morgan fingerprint density at radius 3 is 2.82 bits per heavy atom. The molecule has 0 aliphatic heterocycles. The molecule has 1 amide bonds. The van der Waals surface area contributed by atoms with E-state index in [-0.39, 0.29) is 11.9 Å². The quantitative estimate of drug-likeness (QED) is 0.762. The maximum absolute atomic E-state index is 10.8. The third-order valence-corrected chi connectivity index (χ3v) is 3.41. The summed E-state index contributed by atoms with van der Waals surface area (Å²) in [7, 11) is 0. The Morgan fingerprint density at radius 1 is 1.53 bits per heavy atom. The Balaban J connectivity index is 2.59. The molecule has 94 valence electrons. The third-order valence-electron chi connectivity index (χ3n) is 2.59. The summed E-state index contributed by atoms with van der Waals surface area (Å²) in [6.07, 6.45) is 2.45. The van der Waals surface area contributed by atoms with Gasteiger partial charge in [0, 0.05) is 23.9 Å². The monoisotopic (exact) mass is 252 g/mol. The maximum atomic E-state index is 10.8. The molecular formula is C13H20N2OS. The largest absolute Gasteiger partial charge is 0.370 e. The van der Waals surface area contributed by atoms with Crippen LogP contribution in [0.3, 0.4) is 0 Å². The maximum Gasteiger partial charge on any atom is 0.218 e. The van der Waals surface area contributed by atoms with Crippen molar-refractivity contribution in [2.24, 2.45) is 5.73 Å². The highest BCUT2D eigenvalue weighted by Gasteiger charge is 2.07. The molecule has 1 atom stereocenters. The average molecular weight is 252 g/mol. The summed E-state index contributed by atoms with van der Waals surface area (Å²) in [5.41, 5.74) is 7.69. The number of carbonyl (C=O) groups is 1. The number of thioether (sulfide) groups is 1. The van der Waals surface area contributed by atoms with Crippen LogP contribution in [0.15, 0.2) is 23.1 Å². The van der Waals surface area contributed by atoms with E-state index in [4.69, 9.17) is 5.73 Å². The Kier molecular flexibility index (Phi) is 5.51. The molecule has 0 heterocycles. The zero-order valence-electron chi connectivity index (χ0n) is 10.6. The van der Waals surface area contributed by atoms with Crippen LogP contribution in [-0.4, -0.2) is 18.2 Å². The minimum absolute atomic E-state index is 0.114. The normalized spacial score (nSPS) is 12.4. The van der Waals surface area contributed by atoms with Gasteiger partial charge in [-0.15, -0.1) is 11.8 Å². The van der Waals surface area contributed by atoms with Gasteiger partial charge >= 0.3 is 0 Å². The van der Waals surface area contributed by atoms with Crippen molar-refractivity contribution >= 4 is 17.7 Å². The standard InChI is InChI=1S/C13H20N2OS/c1-9-4-5-11(12(6-9)17-3)8-15-10(2)7-13(14)16/h4-6,10,15H,7-8H2,1-3H3,(H2,14,16). The predicted molar refractivity (Wildman–Crippen MR) is 73.1 cm³/mol. The van der Waals surface area contributed by atoms with Crippen molar-refractivity contribution < 1.29 is 4.79 Å². The molecule has 1 rings (SSSR count). The Hall–Kier alpha value is -1.00. The number of primary amides is 1. The molecule has 0 aromatic heterocycles. The SMILES string of the molecule is CSc1cc(C)ccc1CNC(C)CC(N)=O. The molecule has 0 spiro atoms. The summed E-state index contributed by atoms with van der Waals surface area (Å²) in [4.78, 5) is 12.0. The lowest BCUT2D eigenvalue weighted by molar-refractivity contribution is -0.118. The molecular weight excluding hydrogens is 232 g/mol. The van der Waals surface area contributed by atoms with Crippen LogP contribution in [0, 0.1) is 6.92 Å². The van der Waals surface area contributed by atoms with E-state index in [1.807, 2.05) is 6.92 Å². The van der Waals surface area contributed by atoms with Gasteiger partial charge in [-0.1, -0.05) is 12.1 Å². The Morgan fingerprint density at radius 2 is 2.24 bits per heavy atom. The zero-order valence-corrected chi connectivity index (χ0v) is 11.4. The van der Waals surface area contributed by atoms with Crippen LogP contribution in [0.5, 0.6) is 0 Å². The highest BCUT2D eigenvalue weighted by Crippen LogP contribution is 2.21. The Labute approximate surface area is 107 Å². The molecule has 0 radical (unpaired) electrons. The summed E-state index contributed by atoms with van der Waals surface area (Å²) in [6.45, 7) is 4.83. The van der Waals surface area contributed by atoms with Crippen LogP contribution in [-0.2, 0) is 11.3 Å². The van der Waals surface area contributed by atoms with Gasteiger partial charge in [0.15, 0.2) is 0 Å². The highest BCUT2D eigenvalue weighted by atomic mass is 32.2. The summed E-state index contributed by atoms with van der Waals surface area (Å²) in [6, 6.07) is 6.53. The molecule has 0 saturated carbocycles. The lowest BCUT2D eigenvalue weighted by atomic mass is 10.1. The molecule has 1 aromatic rings. The second-order valence-corrected chi connectivity index (χ2v) is 5.12. The van der Waals surface area contributed by atoms with Crippen LogP contribution in [0.1, 0.15) is 24.5 Å². The molecule has 0 aliphatic carbocycles.